The average molecular weight is 273 g/mol. The van der Waals surface area contributed by atoms with Crippen molar-refractivity contribution in [3.8, 4) is 0 Å². The Hall–Kier alpha value is -0.960. The first kappa shape index (κ1) is 14.0. The molecule has 0 spiro atoms. The van der Waals surface area contributed by atoms with Crippen LogP contribution in [0.5, 0.6) is 0 Å². The summed E-state index contributed by atoms with van der Waals surface area (Å²) in [6, 6.07) is 0. The number of rotatable bonds is 5. The van der Waals surface area contributed by atoms with Crippen LogP contribution in [0, 0.1) is 17.8 Å². The molecule has 0 radical (unpaired) electrons. The second kappa shape index (κ2) is 5.80. The Balaban J connectivity index is 1.58. The molecule has 1 fully saturated rings. The summed E-state index contributed by atoms with van der Waals surface area (Å²) in [5.41, 5.74) is 2.72. The minimum atomic E-state index is 0.644. The lowest BCUT2D eigenvalue weighted by Gasteiger charge is -2.24. The fraction of sp³-hybridized carbons (Fsp3) is 0.765. The van der Waals surface area contributed by atoms with E-state index in [1.807, 2.05) is 0 Å². The highest BCUT2D eigenvalue weighted by molar-refractivity contribution is 5.24. The van der Waals surface area contributed by atoms with E-state index < -0.39 is 0 Å². The molecule has 0 aromatic carbocycles. The first-order valence-corrected chi connectivity index (χ1v) is 8.19. The first-order chi connectivity index (χ1) is 9.63. The van der Waals surface area contributed by atoms with E-state index in [0.29, 0.717) is 5.92 Å². The zero-order chi connectivity index (χ0) is 14.1. The van der Waals surface area contributed by atoms with E-state index in [1.165, 1.54) is 24.1 Å². The zero-order valence-corrected chi connectivity index (χ0v) is 13.0. The molecular formula is C17H27N3. The summed E-state index contributed by atoms with van der Waals surface area (Å²) >= 11 is 0. The van der Waals surface area contributed by atoms with Crippen LogP contribution in [0.15, 0.2) is 6.20 Å². The van der Waals surface area contributed by atoms with Gasteiger partial charge in [-0.15, -0.1) is 0 Å². The van der Waals surface area contributed by atoms with Crippen LogP contribution in [0.2, 0.25) is 0 Å². The van der Waals surface area contributed by atoms with Crippen molar-refractivity contribution in [2.45, 2.75) is 52.4 Å². The van der Waals surface area contributed by atoms with E-state index in [9.17, 15) is 0 Å². The smallest absolute Gasteiger partial charge is 0.131 e. The maximum Gasteiger partial charge on any atom is 0.131 e. The Morgan fingerprint density at radius 2 is 2.20 bits per heavy atom. The molecule has 3 atom stereocenters. The van der Waals surface area contributed by atoms with Crippen molar-refractivity contribution in [3.05, 3.63) is 23.3 Å². The van der Waals surface area contributed by atoms with Gasteiger partial charge in [0, 0.05) is 17.8 Å². The molecule has 3 heteroatoms. The summed E-state index contributed by atoms with van der Waals surface area (Å²) < 4.78 is 0. The summed E-state index contributed by atoms with van der Waals surface area (Å²) in [6.45, 7) is 9.08. The molecule has 1 heterocycles. The molecule has 0 saturated heterocycles. The van der Waals surface area contributed by atoms with Crippen molar-refractivity contribution in [1.82, 2.24) is 15.3 Å². The predicted molar refractivity (Wildman–Crippen MR) is 81.8 cm³/mol. The highest BCUT2D eigenvalue weighted by atomic mass is 14.9. The van der Waals surface area contributed by atoms with Gasteiger partial charge in [0.25, 0.3) is 0 Å². The number of fused-ring (bicyclic) bond motifs is 1. The van der Waals surface area contributed by atoms with Crippen molar-refractivity contribution in [1.29, 1.82) is 0 Å². The lowest BCUT2D eigenvalue weighted by Crippen LogP contribution is -2.30. The third kappa shape index (κ3) is 3.20. The highest BCUT2D eigenvalue weighted by Gasteiger charge is 2.37. The SMILES string of the molecule is CC(C)CNCC1CCc2nc(C3CC3C)ncc2C1. The largest absolute Gasteiger partial charge is 0.316 e. The van der Waals surface area contributed by atoms with Crippen LogP contribution in [0.4, 0.5) is 0 Å². The van der Waals surface area contributed by atoms with Crippen molar-refractivity contribution >= 4 is 0 Å². The molecule has 1 saturated carbocycles. The second-order valence-electron chi connectivity index (χ2n) is 7.18. The van der Waals surface area contributed by atoms with Crippen molar-refractivity contribution < 1.29 is 0 Å². The summed E-state index contributed by atoms with van der Waals surface area (Å²) in [5, 5.41) is 3.59. The van der Waals surface area contributed by atoms with Gasteiger partial charge in [0.1, 0.15) is 5.82 Å². The van der Waals surface area contributed by atoms with E-state index in [1.54, 1.807) is 0 Å². The maximum absolute atomic E-state index is 4.84. The Bertz CT molecular complexity index is 469. The maximum atomic E-state index is 4.84. The molecule has 0 amide bonds. The van der Waals surface area contributed by atoms with Gasteiger partial charge in [-0.2, -0.15) is 0 Å². The molecule has 0 bridgehead atoms. The third-order valence-electron chi connectivity index (χ3n) is 4.70. The van der Waals surface area contributed by atoms with Crippen molar-refractivity contribution in [3.63, 3.8) is 0 Å². The number of aryl methyl sites for hydroxylation is 1. The highest BCUT2D eigenvalue weighted by Crippen LogP contribution is 2.45. The molecule has 20 heavy (non-hydrogen) atoms. The second-order valence-corrected chi connectivity index (χ2v) is 7.18. The van der Waals surface area contributed by atoms with Crippen molar-refractivity contribution in [2.24, 2.45) is 17.8 Å². The minimum Gasteiger partial charge on any atom is -0.316 e. The standard InChI is InChI=1S/C17H27N3/c1-11(2)8-18-9-13-4-5-16-14(7-13)10-19-17(20-16)15-6-12(15)3/h10-13,15,18H,4-9H2,1-3H3. The number of aromatic nitrogens is 2. The van der Waals surface area contributed by atoms with E-state index in [2.05, 4.69) is 37.3 Å². The summed E-state index contributed by atoms with van der Waals surface area (Å²) in [4.78, 5) is 9.45. The van der Waals surface area contributed by atoms with Gasteiger partial charge >= 0.3 is 0 Å². The van der Waals surface area contributed by atoms with Gasteiger partial charge in [0.2, 0.25) is 0 Å². The van der Waals surface area contributed by atoms with Gasteiger partial charge in [0.05, 0.1) is 0 Å². The average Bonchev–Trinajstić information content (AvgIpc) is 3.15. The fourth-order valence-corrected chi connectivity index (χ4v) is 3.21. The van der Waals surface area contributed by atoms with Crippen LogP contribution in [0.25, 0.3) is 0 Å². The Labute approximate surface area is 122 Å². The molecule has 110 valence electrons. The van der Waals surface area contributed by atoms with Gasteiger partial charge in [0.15, 0.2) is 0 Å². The van der Waals surface area contributed by atoms with Crippen LogP contribution >= 0.6 is 0 Å². The number of nitrogens with one attached hydrogen (secondary N) is 1. The summed E-state index contributed by atoms with van der Waals surface area (Å²) in [7, 11) is 0. The van der Waals surface area contributed by atoms with Crippen LogP contribution in [0.1, 0.15) is 56.6 Å². The van der Waals surface area contributed by atoms with Gasteiger partial charge in [-0.25, -0.2) is 9.97 Å². The molecule has 1 aromatic rings. The predicted octanol–water partition coefficient (Wildman–Crippen LogP) is 2.95. The third-order valence-corrected chi connectivity index (χ3v) is 4.70. The topological polar surface area (TPSA) is 37.8 Å². The van der Waals surface area contributed by atoms with Crippen LogP contribution < -0.4 is 5.32 Å². The first-order valence-electron chi connectivity index (χ1n) is 8.19. The molecule has 3 rings (SSSR count). The lowest BCUT2D eigenvalue weighted by molar-refractivity contribution is 0.405. The number of hydrogen-bond acceptors (Lipinski definition) is 3. The Morgan fingerprint density at radius 3 is 2.90 bits per heavy atom. The van der Waals surface area contributed by atoms with Gasteiger partial charge in [-0.1, -0.05) is 20.8 Å². The molecular weight excluding hydrogens is 246 g/mol. The molecule has 2 aliphatic carbocycles. The normalized spacial score (nSPS) is 28.5. The van der Waals surface area contributed by atoms with Gasteiger partial charge < -0.3 is 5.32 Å². The van der Waals surface area contributed by atoms with Crippen LogP contribution in [-0.4, -0.2) is 23.1 Å². The fourth-order valence-electron chi connectivity index (χ4n) is 3.21. The van der Waals surface area contributed by atoms with Gasteiger partial charge in [-0.3, -0.25) is 0 Å². The van der Waals surface area contributed by atoms with Gasteiger partial charge in [-0.05, 0) is 62.1 Å². The molecule has 0 aliphatic heterocycles. The van der Waals surface area contributed by atoms with E-state index in [4.69, 9.17) is 4.98 Å². The molecule has 1 aromatic heterocycles. The van der Waals surface area contributed by atoms with E-state index in [0.717, 1.165) is 49.5 Å². The molecule has 2 aliphatic rings. The molecule has 3 nitrogen and oxygen atoms in total. The van der Waals surface area contributed by atoms with E-state index in [-0.39, 0.29) is 0 Å². The Morgan fingerprint density at radius 1 is 1.40 bits per heavy atom. The lowest BCUT2D eigenvalue weighted by atomic mass is 9.87. The van der Waals surface area contributed by atoms with Crippen molar-refractivity contribution in [2.75, 3.05) is 13.1 Å². The summed E-state index contributed by atoms with van der Waals surface area (Å²) in [6.07, 6.45) is 6.95. The monoisotopic (exact) mass is 273 g/mol. The number of nitrogens with zero attached hydrogens (tertiary/aromatic N) is 2. The quantitative estimate of drug-likeness (QED) is 0.896. The number of hydrogen-bond donors (Lipinski definition) is 1. The zero-order valence-electron chi connectivity index (χ0n) is 13.0. The molecule has 1 N–H and O–H groups in total. The van der Waals surface area contributed by atoms with E-state index >= 15 is 0 Å². The molecule has 3 unspecified atom stereocenters. The summed E-state index contributed by atoms with van der Waals surface area (Å²) in [5.74, 6) is 4.04. The Kier molecular flexibility index (Phi) is 4.06. The van der Waals surface area contributed by atoms with Crippen LogP contribution in [-0.2, 0) is 12.8 Å². The van der Waals surface area contributed by atoms with Crippen LogP contribution in [0.3, 0.4) is 0 Å². The minimum absolute atomic E-state index is 0.644.